The third kappa shape index (κ3) is 5.19. The molecule has 0 bridgehead atoms. The summed E-state index contributed by atoms with van der Waals surface area (Å²) in [6.45, 7) is 6.68. The van der Waals surface area contributed by atoms with Crippen LogP contribution in [0.5, 0.6) is 5.75 Å². The van der Waals surface area contributed by atoms with Gasteiger partial charge in [-0.3, -0.25) is 14.5 Å². The number of hydrogen-bond acceptors (Lipinski definition) is 4. The lowest BCUT2D eigenvalue weighted by atomic mass is 9.87. The highest BCUT2D eigenvalue weighted by atomic mass is 16.3. The van der Waals surface area contributed by atoms with Gasteiger partial charge in [-0.1, -0.05) is 112 Å². The second kappa shape index (κ2) is 11.6. The van der Waals surface area contributed by atoms with E-state index >= 15 is 0 Å². The van der Waals surface area contributed by atoms with E-state index in [1.807, 2.05) is 36.4 Å². The SMILES string of the molecule is CC(C)(C)c1ccc(-n2c(-c3cccc(-c4cc(-c5ccccc5)cc5nccnc45)c3)nc3c(-c4ccccc4O)cccc32)cc1. The molecule has 0 aliphatic rings. The molecule has 1 N–H and O–H groups in total. The first-order chi connectivity index (χ1) is 23.3. The number of imidazole rings is 1. The van der Waals surface area contributed by atoms with Gasteiger partial charge in [0.1, 0.15) is 11.6 Å². The summed E-state index contributed by atoms with van der Waals surface area (Å²) < 4.78 is 2.22. The summed E-state index contributed by atoms with van der Waals surface area (Å²) in [6.07, 6.45) is 3.49. The van der Waals surface area contributed by atoms with Gasteiger partial charge < -0.3 is 5.11 Å². The minimum Gasteiger partial charge on any atom is -0.507 e. The van der Waals surface area contributed by atoms with E-state index < -0.39 is 0 Å². The van der Waals surface area contributed by atoms with Crippen LogP contribution in [0.3, 0.4) is 0 Å². The van der Waals surface area contributed by atoms with Gasteiger partial charge in [0.2, 0.25) is 0 Å². The lowest BCUT2D eigenvalue weighted by molar-refractivity contribution is 0.477. The molecular formula is C43H34N4O. The summed E-state index contributed by atoms with van der Waals surface area (Å²) in [4.78, 5) is 14.8. The van der Waals surface area contributed by atoms with Gasteiger partial charge in [-0.05, 0) is 70.1 Å². The molecule has 0 radical (unpaired) electrons. The quantitative estimate of drug-likeness (QED) is 0.207. The first kappa shape index (κ1) is 29.3. The number of phenols is 1. The summed E-state index contributed by atoms with van der Waals surface area (Å²) in [5.41, 5.74) is 12.6. The van der Waals surface area contributed by atoms with E-state index in [1.165, 1.54) is 5.56 Å². The fourth-order valence-corrected chi connectivity index (χ4v) is 6.50. The van der Waals surface area contributed by atoms with Crippen LogP contribution in [0.2, 0.25) is 0 Å². The van der Waals surface area contributed by atoms with E-state index in [0.717, 1.165) is 72.5 Å². The molecular weight excluding hydrogens is 589 g/mol. The van der Waals surface area contributed by atoms with Crippen LogP contribution in [0, 0.1) is 0 Å². The Morgan fingerprint density at radius 3 is 2.02 bits per heavy atom. The van der Waals surface area contributed by atoms with Crippen LogP contribution in [0.1, 0.15) is 26.3 Å². The maximum atomic E-state index is 10.8. The second-order valence-electron chi connectivity index (χ2n) is 13.2. The lowest BCUT2D eigenvalue weighted by Crippen LogP contribution is -2.11. The maximum Gasteiger partial charge on any atom is 0.145 e. The number of hydrogen-bond donors (Lipinski definition) is 1. The molecule has 232 valence electrons. The van der Waals surface area contributed by atoms with Crippen LogP contribution >= 0.6 is 0 Å². The summed E-state index contributed by atoms with van der Waals surface area (Å²) in [6, 6.07) is 45.5. The monoisotopic (exact) mass is 622 g/mol. The van der Waals surface area contributed by atoms with Crippen molar-refractivity contribution in [2.45, 2.75) is 26.2 Å². The van der Waals surface area contributed by atoms with Crippen LogP contribution in [-0.4, -0.2) is 24.6 Å². The smallest absolute Gasteiger partial charge is 0.145 e. The predicted molar refractivity (Wildman–Crippen MR) is 196 cm³/mol. The molecule has 2 aromatic heterocycles. The van der Waals surface area contributed by atoms with Gasteiger partial charge >= 0.3 is 0 Å². The number of fused-ring (bicyclic) bond motifs is 2. The van der Waals surface area contributed by atoms with Crippen molar-refractivity contribution in [3.8, 4) is 56.2 Å². The third-order valence-corrected chi connectivity index (χ3v) is 8.98. The van der Waals surface area contributed by atoms with Crippen molar-refractivity contribution < 1.29 is 5.11 Å². The van der Waals surface area contributed by atoms with Crippen LogP contribution in [0.15, 0.2) is 146 Å². The van der Waals surface area contributed by atoms with E-state index in [9.17, 15) is 5.11 Å². The molecule has 2 heterocycles. The Balaban J connectivity index is 1.36. The van der Waals surface area contributed by atoms with Gasteiger partial charge in [0.15, 0.2) is 0 Å². The minimum atomic E-state index is 0.0324. The van der Waals surface area contributed by atoms with Crippen molar-refractivity contribution in [3.63, 3.8) is 0 Å². The molecule has 5 nitrogen and oxygen atoms in total. The van der Waals surface area contributed by atoms with E-state index in [-0.39, 0.29) is 11.2 Å². The standard InChI is InChI=1S/C43H34N4O/c1-43(2,3)32-19-21-33(22-20-32)47-38-17-10-16-35(34-15-7-8-18-39(34)48)41(38)46-42(47)30-14-9-13-29(25-30)36-26-31(28-11-5-4-6-12-28)27-37-40(36)45-24-23-44-37/h4-27,48H,1-3H3. The van der Waals surface area contributed by atoms with E-state index in [4.69, 9.17) is 9.97 Å². The normalized spacial score (nSPS) is 11.7. The Morgan fingerprint density at radius 2 is 1.23 bits per heavy atom. The minimum absolute atomic E-state index is 0.0324. The topological polar surface area (TPSA) is 63.8 Å². The van der Waals surface area contributed by atoms with E-state index in [1.54, 1.807) is 18.5 Å². The fourth-order valence-electron chi connectivity index (χ4n) is 6.50. The van der Waals surface area contributed by atoms with Crippen LogP contribution < -0.4 is 0 Å². The lowest BCUT2D eigenvalue weighted by Gasteiger charge is -2.20. The van der Waals surface area contributed by atoms with Gasteiger partial charge in [0.05, 0.1) is 22.1 Å². The maximum absolute atomic E-state index is 10.8. The highest BCUT2D eigenvalue weighted by Crippen LogP contribution is 2.39. The zero-order valence-corrected chi connectivity index (χ0v) is 27.1. The molecule has 0 amide bonds. The summed E-state index contributed by atoms with van der Waals surface area (Å²) in [5, 5.41) is 10.8. The zero-order valence-electron chi connectivity index (χ0n) is 27.1. The van der Waals surface area contributed by atoms with Crippen molar-refractivity contribution in [2.24, 2.45) is 0 Å². The largest absolute Gasteiger partial charge is 0.507 e. The molecule has 0 aliphatic carbocycles. The van der Waals surface area contributed by atoms with Crippen molar-refractivity contribution in [1.82, 2.24) is 19.5 Å². The molecule has 0 unspecified atom stereocenters. The number of benzene rings is 6. The van der Waals surface area contributed by atoms with Gasteiger partial charge in [-0.25, -0.2) is 4.98 Å². The highest BCUT2D eigenvalue weighted by Gasteiger charge is 2.21. The summed E-state index contributed by atoms with van der Waals surface area (Å²) in [5.74, 6) is 1.04. The molecule has 8 aromatic rings. The van der Waals surface area contributed by atoms with E-state index in [0.29, 0.717) is 0 Å². The van der Waals surface area contributed by atoms with Crippen LogP contribution in [0.4, 0.5) is 0 Å². The summed E-state index contributed by atoms with van der Waals surface area (Å²) >= 11 is 0. The van der Waals surface area contributed by atoms with Gasteiger partial charge in [0, 0.05) is 40.3 Å². The molecule has 0 aliphatic heterocycles. The highest BCUT2D eigenvalue weighted by molar-refractivity contribution is 5.98. The third-order valence-electron chi connectivity index (χ3n) is 8.98. The fraction of sp³-hybridized carbons (Fsp3) is 0.0930. The first-order valence-electron chi connectivity index (χ1n) is 16.2. The number of nitrogens with zero attached hydrogens (tertiary/aromatic N) is 4. The Kier molecular flexibility index (Phi) is 7.10. The van der Waals surface area contributed by atoms with Crippen molar-refractivity contribution >= 4 is 22.1 Å². The average molecular weight is 623 g/mol. The molecule has 0 saturated carbocycles. The summed E-state index contributed by atoms with van der Waals surface area (Å²) in [7, 11) is 0. The molecule has 48 heavy (non-hydrogen) atoms. The number of rotatable bonds is 5. The molecule has 8 rings (SSSR count). The molecule has 0 spiro atoms. The molecule has 6 aromatic carbocycles. The van der Waals surface area contributed by atoms with Crippen LogP contribution in [0.25, 0.3) is 72.5 Å². The number of aromatic nitrogens is 4. The number of aromatic hydroxyl groups is 1. The van der Waals surface area contributed by atoms with Crippen molar-refractivity contribution in [2.75, 3.05) is 0 Å². The van der Waals surface area contributed by atoms with E-state index in [2.05, 4.69) is 121 Å². The Labute approximate surface area is 279 Å². The predicted octanol–water partition coefficient (Wildman–Crippen LogP) is 10.6. The Morgan fingerprint density at radius 1 is 0.542 bits per heavy atom. The second-order valence-corrected chi connectivity index (χ2v) is 13.2. The van der Waals surface area contributed by atoms with Crippen molar-refractivity contribution in [3.05, 3.63) is 151 Å². The molecule has 0 atom stereocenters. The Hall–Kier alpha value is -6.07. The average Bonchev–Trinajstić information content (AvgIpc) is 3.52. The first-order valence-corrected chi connectivity index (χ1v) is 16.2. The number of para-hydroxylation sites is 2. The van der Waals surface area contributed by atoms with Gasteiger partial charge in [-0.15, -0.1) is 0 Å². The van der Waals surface area contributed by atoms with Crippen molar-refractivity contribution in [1.29, 1.82) is 0 Å². The molecule has 0 fully saturated rings. The molecule has 5 heteroatoms. The molecule has 0 saturated heterocycles. The van der Waals surface area contributed by atoms with Gasteiger partial charge in [-0.2, -0.15) is 0 Å². The Bertz CT molecular complexity index is 2440. The zero-order chi connectivity index (χ0) is 32.8. The van der Waals surface area contributed by atoms with Gasteiger partial charge in [0.25, 0.3) is 0 Å². The number of phenolic OH excluding ortho intramolecular Hbond substituents is 1. The van der Waals surface area contributed by atoms with Crippen LogP contribution in [-0.2, 0) is 5.41 Å².